The fourth-order valence-corrected chi connectivity index (χ4v) is 7.15. The zero-order valence-corrected chi connectivity index (χ0v) is 35.5. The highest BCUT2D eigenvalue weighted by Gasteiger charge is 2.20. The molecule has 0 saturated heterocycles. The summed E-state index contributed by atoms with van der Waals surface area (Å²) in [6.07, 6.45) is 47.5. The lowest BCUT2D eigenvalue weighted by Gasteiger charge is -2.22. The lowest BCUT2D eigenvalue weighted by atomic mass is 10.0. The number of hydrogen-bond donors (Lipinski definition) is 3. The maximum atomic E-state index is 12.4. The molecule has 0 bridgehead atoms. The van der Waals surface area contributed by atoms with Gasteiger partial charge in [0.05, 0.1) is 25.4 Å². The molecule has 0 saturated carbocycles. The van der Waals surface area contributed by atoms with Gasteiger partial charge in [0.15, 0.2) is 0 Å². The zero-order valence-electron chi connectivity index (χ0n) is 35.5. The van der Waals surface area contributed by atoms with E-state index in [1.807, 2.05) is 0 Å². The third-order valence-electron chi connectivity index (χ3n) is 10.8. The summed E-state index contributed by atoms with van der Waals surface area (Å²) in [6, 6.07) is -0.543. The van der Waals surface area contributed by atoms with E-state index in [-0.39, 0.29) is 18.5 Å². The summed E-state index contributed by atoms with van der Waals surface area (Å²) in [5, 5.41) is 23.0. The van der Waals surface area contributed by atoms with Crippen molar-refractivity contribution >= 4 is 11.9 Å². The van der Waals surface area contributed by atoms with Crippen LogP contribution in [0.15, 0.2) is 12.2 Å². The molecule has 6 heteroatoms. The molecule has 1 amide bonds. The summed E-state index contributed by atoms with van der Waals surface area (Å²) in [5.41, 5.74) is 0. The maximum absolute atomic E-state index is 12.4. The van der Waals surface area contributed by atoms with E-state index in [0.717, 1.165) is 44.9 Å². The first-order chi connectivity index (χ1) is 26.0. The van der Waals surface area contributed by atoms with Gasteiger partial charge in [-0.1, -0.05) is 206 Å². The van der Waals surface area contributed by atoms with Gasteiger partial charge in [-0.05, 0) is 44.9 Å². The third-order valence-corrected chi connectivity index (χ3v) is 10.8. The van der Waals surface area contributed by atoms with E-state index in [2.05, 4.69) is 31.3 Å². The van der Waals surface area contributed by atoms with E-state index in [0.29, 0.717) is 25.9 Å². The van der Waals surface area contributed by atoms with Gasteiger partial charge in [-0.15, -0.1) is 0 Å². The van der Waals surface area contributed by atoms with E-state index in [1.165, 1.54) is 173 Å². The second-order valence-corrected chi connectivity index (χ2v) is 16.1. The minimum atomic E-state index is -0.665. The molecule has 0 aromatic heterocycles. The van der Waals surface area contributed by atoms with E-state index in [9.17, 15) is 19.8 Å². The van der Waals surface area contributed by atoms with E-state index < -0.39 is 12.1 Å². The summed E-state index contributed by atoms with van der Waals surface area (Å²) in [5.74, 6) is -0.0532. The Bertz CT molecular complexity index is 787. The number of rotatable bonds is 43. The SMILES string of the molecule is CCCC/C=C\CCCCCCCC(=O)OCCCCCCCCCCCCCCCCCCC(=O)NC(CO)C(O)CCCCCCCCCCC. The van der Waals surface area contributed by atoms with Gasteiger partial charge in [-0.3, -0.25) is 9.59 Å². The average molecular weight is 750 g/mol. The van der Waals surface area contributed by atoms with Crippen LogP contribution in [0.2, 0.25) is 0 Å². The summed E-state index contributed by atoms with van der Waals surface area (Å²) in [6.45, 7) is 4.87. The van der Waals surface area contributed by atoms with Crippen LogP contribution in [0.5, 0.6) is 0 Å². The molecule has 0 spiro atoms. The topological polar surface area (TPSA) is 95.9 Å². The number of esters is 1. The van der Waals surface area contributed by atoms with Gasteiger partial charge in [0, 0.05) is 12.8 Å². The van der Waals surface area contributed by atoms with Gasteiger partial charge < -0.3 is 20.3 Å². The summed E-state index contributed by atoms with van der Waals surface area (Å²) in [4.78, 5) is 24.3. The predicted octanol–water partition coefficient (Wildman–Crippen LogP) is 13.4. The molecule has 314 valence electrons. The predicted molar refractivity (Wildman–Crippen MR) is 227 cm³/mol. The van der Waals surface area contributed by atoms with Gasteiger partial charge in [0.1, 0.15) is 0 Å². The molecule has 2 unspecified atom stereocenters. The first kappa shape index (κ1) is 51.6. The molecular formula is C47H91NO5. The van der Waals surface area contributed by atoms with Gasteiger partial charge in [0.25, 0.3) is 0 Å². The van der Waals surface area contributed by atoms with Crippen LogP contribution in [0, 0.1) is 0 Å². The second-order valence-electron chi connectivity index (χ2n) is 16.1. The number of aliphatic hydroxyl groups is 2. The Morgan fingerprint density at radius 1 is 0.509 bits per heavy atom. The fourth-order valence-electron chi connectivity index (χ4n) is 7.15. The van der Waals surface area contributed by atoms with Crippen LogP contribution in [-0.2, 0) is 14.3 Å². The number of allylic oxidation sites excluding steroid dienone is 2. The van der Waals surface area contributed by atoms with Crippen molar-refractivity contribution in [2.24, 2.45) is 0 Å². The molecule has 0 fully saturated rings. The molecule has 0 aromatic rings. The van der Waals surface area contributed by atoms with Crippen LogP contribution in [0.1, 0.15) is 251 Å². The van der Waals surface area contributed by atoms with Crippen LogP contribution in [-0.4, -0.2) is 47.4 Å². The first-order valence-electron chi connectivity index (χ1n) is 23.4. The van der Waals surface area contributed by atoms with Gasteiger partial charge in [0.2, 0.25) is 5.91 Å². The third kappa shape index (κ3) is 40.1. The van der Waals surface area contributed by atoms with Gasteiger partial charge in [-0.25, -0.2) is 0 Å². The highest BCUT2D eigenvalue weighted by Crippen LogP contribution is 2.16. The molecule has 0 heterocycles. The number of carbonyl (C=O) groups excluding carboxylic acids is 2. The number of unbranched alkanes of at least 4 members (excludes halogenated alkanes) is 30. The Labute approximate surface area is 329 Å². The van der Waals surface area contributed by atoms with Crippen LogP contribution < -0.4 is 5.32 Å². The van der Waals surface area contributed by atoms with Crippen LogP contribution >= 0.6 is 0 Å². The Kier molecular flexibility index (Phi) is 42.2. The van der Waals surface area contributed by atoms with Crippen molar-refractivity contribution in [1.29, 1.82) is 0 Å². The van der Waals surface area contributed by atoms with Crippen molar-refractivity contribution in [3.05, 3.63) is 12.2 Å². The number of amides is 1. The van der Waals surface area contributed by atoms with Gasteiger partial charge in [-0.2, -0.15) is 0 Å². The second kappa shape index (κ2) is 43.3. The lowest BCUT2D eigenvalue weighted by Crippen LogP contribution is -2.45. The van der Waals surface area contributed by atoms with Crippen LogP contribution in [0.3, 0.4) is 0 Å². The number of carbonyl (C=O) groups is 2. The number of ether oxygens (including phenoxy) is 1. The normalized spacial score (nSPS) is 12.8. The van der Waals surface area contributed by atoms with Crippen molar-refractivity contribution in [2.45, 2.75) is 264 Å². The van der Waals surface area contributed by atoms with Gasteiger partial charge >= 0.3 is 5.97 Å². The first-order valence-corrected chi connectivity index (χ1v) is 23.4. The molecule has 0 aromatic carbocycles. The quantitative estimate of drug-likeness (QED) is 0.0328. The molecular weight excluding hydrogens is 659 g/mol. The highest BCUT2D eigenvalue weighted by molar-refractivity contribution is 5.76. The fraction of sp³-hybridized carbons (Fsp3) is 0.915. The van der Waals surface area contributed by atoms with Crippen molar-refractivity contribution in [3.63, 3.8) is 0 Å². The molecule has 6 nitrogen and oxygen atoms in total. The van der Waals surface area contributed by atoms with Crippen LogP contribution in [0.25, 0.3) is 0 Å². The summed E-state index contributed by atoms with van der Waals surface area (Å²) < 4.78 is 5.44. The number of nitrogens with one attached hydrogen (secondary N) is 1. The minimum Gasteiger partial charge on any atom is -0.466 e. The molecule has 2 atom stereocenters. The number of hydrogen-bond acceptors (Lipinski definition) is 5. The Morgan fingerprint density at radius 3 is 1.40 bits per heavy atom. The largest absolute Gasteiger partial charge is 0.466 e. The molecule has 3 N–H and O–H groups in total. The minimum absolute atomic E-state index is 0.00844. The van der Waals surface area contributed by atoms with Crippen molar-refractivity contribution in [2.75, 3.05) is 13.2 Å². The standard InChI is InChI=1S/C47H91NO5/c1-3-5-7-9-11-13-20-25-29-33-37-41-47(52)53-42-38-34-30-26-22-19-17-15-14-16-18-21-24-28-32-36-40-46(51)48-44(43-49)45(50)39-35-31-27-23-12-10-8-6-4-2/h9,11,44-45,49-50H,3-8,10,12-43H2,1-2H3,(H,48,51)/b11-9-. The summed E-state index contributed by atoms with van der Waals surface area (Å²) >= 11 is 0. The van der Waals surface area contributed by atoms with Crippen molar-refractivity contribution < 1.29 is 24.5 Å². The Morgan fingerprint density at radius 2 is 0.906 bits per heavy atom. The highest BCUT2D eigenvalue weighted by atomic mass is 16.5. The van der Waals surface area contributed by atoms with Crippen molar-refractivity contribution in [3.8, 4) is 0 Å². The average Bonchev–Trinajstić information content (AvgIpc) is 3.16. The monoisotopic (exact) mass is 750 g/mol. The Hall–Kier alpha value is -1.40. The molecule has 0 aliphatic heterocycles. The zero-order chi connectivity index (χ0) is 38.7. The molecule has 0 aliphatic carbocycles. The number of aliphatic hydroxyl groups excluding tert-OH is 2. The Balaban J connectivity index is 3.41. The van der Waals surface area contributed by atoms with E-state index in [4.69, 9.17) is 4.74 Å². The lowest BCUT2D eigenvalue weighted by molar-refractivity contribution is -0.143. The van der Waals surface area contributed by atoms with Crippen molar-refractivity contribution in [1.82, 2.24) is 5.32 Å². The van der Waals surface area contributed by atoms with E-state index >= 15 is 0 Å². The maximum Gasteiger partial charge on any atom is 0.305 e. The molecule has 53 heavy (non-hydrogen) atoms. The van der Waals surface area contributed by atoms with E-state index in [1.54, 1.807) is 0 Å². The molecule has 0 radical (unpaired) electrons. The molecule has 0 aliphatic rings. The molecule has 0 rings (SSSR count). The smallest absolute Gasteiger partial charge is 0.305 e. The van der Waals surface area contributed by atoms with Crippen LogP contribution in [0.4, 0.5) is 0 Å². The summed E-state index contributed by atoms with van der Waals surface area (Å²) in [7, 11) is 0.